The molecule has 2 saturated heterocycles. The van der Waals surface area contributed by atoms with E-state index in [9.17, 15) is 0 Å². The highest BCUT2D eigenvalue weighted by Crippen LogP contribution is 2.49. The van der Waals surface area contributed by atoms with Gasteiger partial charge in [-0.25, -0.2) is 4.39 Å². The van der Waals surface area contributed by atoms with Crippen LogP contribution in [0.2, 0.25) is 0 Å². The highest BCUT2D eigenvalue weighted by Gasteiger charge is 2.46. The summed E-state index contributed by atoms with van der Waals surface area (Å²) in [5.41, 5.74) is 3.89. The fourth-order valence-electron chi connectivity index (χ4n) is 4.89. The molecular weight excluding hydrogens is 383 g/mol. The van der Waals surface area contributed by atoms with Gasteiger partial charge in [0.25, 0.3) is 0 Å². The molecule has 0 aliphatic carbocycles. The predicted octanol–water partition coefficient (Wildman–Crippen LogP) is 5.11. The van der Waals surface area contributed by atoms with Crippen molar-refractivity contribution in [3.8, 4) is 0 Å². The minimum atomic E-state index is -0.111. The van der Waals surface area contributed by atoms with E-state index in [1.54, 1.807) is 6.07 Å². The first-order chi connectivity index (χ1) is 14.2. The van der Waals surface area contributed by atoms with Gasteiger partial charge in [-0.3, -0.25) is 9.98 Å². The van der Waals surface area contributed by atoms with Crippen molar-refractivity contribution in [3.63, 3.8) is 0 Å². The van der Waals surface area contributed by atoms with Gasteiger partial charge >= 0.3 is 0 Å². The highest BCUT2D eigenvalue weighted by molar-refractivity contribution is 8.14. The Hall–Kier alpha value is -2.08. The zero-order chi connectivity index (χ0) is 20.0. The summed E-state index contributed by atoms with van der Waals surface area (Å²) in [7, 11) is 0. The molecule has 0 saturated carbocycles. The summed E-state index contributed by atoms with van der Waals surface area (Å²) in [5.74, 6) is 0.939. The van der Waals surface area contributed by atoms with Crippen molar-refractivity contribution in [1.29, 1.82) is 0 Å². The molecule has 0 amide bonds. The molecule has 3 aliphatic heterocycles. The van der Waals surface area contributed by atoms with E-state index in [0.717, 1.165) is 65.8 Å². The van der Waals surface area contributed by atoms with Crippen molar-refractivity contribution in [2.24, 2.45) is 4.99 Å². The molecule has 1 aromatic heterocycles. The van der Waals surface area contributed by atoms with Gasteiger partial charge in [-0.05, 0) is 61.6 Å². The first-order valence-electron chi connectivity index (χ1n) is 10.6. The van der Waals surface area contributed by atoms with E-state index in [1.807, 2.05) is 42.2 Å². The van der Waals surface area contributed by atoms with Crippen LogP contribution >= 0.6 is 11.8 Å². The summed E-state index contributed by atoms with van der Waals surface area (Å²) in [4.78, 5) is 14.3. The van der Waals surface area contributed by atoms with Crippen molar-refractivity contribution in [1.82, 2.24) is 9.88 Å². The van der Waals surface area contributed by atoms with E-state index in [4.69, 9.17) is 4.99 Å². The van der Waals surface area contributed by atoms with Gasteiger partial charge in [-0.2, -0.15) is 0 Å². The third kappa shape index (κ3) is 3.21. The number of halogens is 1. The quantitative estimate of drug-likeness (QED) is 0.701. The molecule has 2 fully saturated rings. The second-order valence-corrected chi connectivity index (χ2v) is 9.18. The maximum absolute atomic E-state index is 15.3. The summed E-state index contributed by atoms with van der Waals surface area (Å²) in [6.45, 7) is 6.24. The molecule has 0 spiro atoms. The molecule has 0 bridgehead atoms. The maximum atomic E-state index is 15.3. The molecule has 152 valence electrons. The van der Waals surface area contributed by atoms with Crippen LogP contribution in [0.25, 0.3) is 0 Å². The molecule has 4 heterocycles. The van der Waals surface area contributed by atoms with Crippen LogP contribution in [0.15, 0.2) is 41.5 Å². The molecule has 3 aliphatic rings. The number of aromatic nitrogens is 1. The second-order valence-electron chi connectivity index (χ2n) is 8.19. The Morgan fingerprint density at radius 3 is 2.76 bits per heavy atom. The average Bonchev–Trinajstić information content (AvgIpc) is 3.47. The predicted molar refractivity (Wildman–Crippen MR) is 118 cm³/mol. The Bertz CT molecular complexity index is 926. The topological polar surface area (TPSA) is 31.7 Å². The number of rotatable bonds is 4. The van der Waals surface area contributed by atoms with Crippen molar-refractivity contribution in [3.05, 3.63) is 59.2 Å². The van der Waals surface area contributed by atoms with Gasteiger partial charge < -0.3 is 9.80 Å². The Morgan fingerprint density at radius 2 is 2.03 bits per heavy atom. The number of amidine groups is 1. The van der Waals surface area contributed by atoms with E-state index in [2.05, 4.69) is 28.6 Å². The number of hydrogen-bond donors (Lipinski definition) is 0. The number of anilines is 1. The molecule has 6 heteroatoms. The van der Waals surface area contributed by atoms with Crippen LogP contribution in [0.1, 0.15) is 55.1 Å². The van der Waals surface area contributed by atoms with Crippen molar-refractivity contribution >= 4 is 22.6 Å². The van der Waals surface area contributed by atoms with E-state index in [1.165, 1.54) is 0 Å². The lowest BCUT2D eigenvalue weighted by Gasteiger charge is -2.33. The SMILES string of the molecule is CC[C@@H]1CSC2=N[C@@H](c3ccccn3)[C@@H](c3cc(F)c(N4CCCC4)cc3C)N21. The molecule has 0 unspecified atom stereocenters. The lowest BCUT2D eigenvalue weighted by Crippen LogP contribution is -2.35. The zero-order valence-corrected chi connectivity index (χ0v) is 17.8. The summed E-state index contributed by atoms with van der Waals surface area (Å²) in [5, 5.41) is 1.08. The molecular formula is C23H27FN4S. The Kier molecular flexibility index (Phi) is 4.98. The summed E-state index contributed by atoms with van der Waals surface area (Å²) in [6, 6.07) is 10.1. The lowest BCUT2D eigenvalue weighted by atomic mass is 9.91. The van der Waals surface area contributed by atoms with Gasteiger partial charge in [-0.15, -0.1) is 0 Å². The standard InChI is InChI=1S/C23H27FN4S/c1-3-16-14-29-23-26-21(19-8-4-5-9-25-19)22(28(16)23)17-13-18(24)20(12-15(17)2)27-10-6-7-11-27/h4-5,8-9,12-13,16,21-22H,3,6-7,10-11,14H2,1-2H3/t16-,21+,22-/m1/s1. The monoisotopic (exact) mass is 410 g/mol. The number of aryl methyl sites for hydroxylation is 1. The maximum Gasteiger partial charge on any atom is 0.160 e. The molecule has 0 N–H and O–H groups in total. The van der Waals surface area contributed by atoms with Crippen LogP contribution in [-0.2, 0) is 0 Å². The van der Waals surface area contributed by atoms with Crippen LogP contribution in [0, 0.1) is 12.7 Å². The van der Waals surface area contributed by atoms with Crippen LogP contribution in [-0.4, -0.2) is 39.9 Å². The fraction of sp³-hybridized carbons (Fsp3) is 0.478. The molecule has 5 rings (SSSR count). The Labute approximate surface area is 176 Å². The fourth-order valence-corrected chi connectivity index (χ4v) is 6.23. The molecule has 3 atom stereocenters. The van der Waals surface area contributed by atoms with Gasteiger partial charge in [0, 0.05) is 31.1 Å². The number of nitrogens with zero attached hydrogens (tertiary/aromatic N) is 4. The smallest absolute Gasteiger partial charge is 0.160 e. The molecule has 1 aromatic carbocycles. The van der Waals surface area contributed by atoms with Crippen LogP contribution in [0.4, 0.5) is 10.1 Å². The van der Waals surface area contributed by atoms with E-state index in [0.29, 0.717) is 6.04 Å². The van der Waals surface area contributed by atoms with Crippen molar-refractivity contribution in [2.45, 2.75) is 51.2 Å². The number of benzene rings is 1. The highest BCUT2D eigenvalue weighted by atomic mass is 32.2. The number of fused-ring (bicyclic) bond motifs is 1. The normalized spacial score (nSPS) is 26.2. The van der Waals surface area contributed by atoms with Gasteiger partial charge in [0.05, 0.1) is 17.4 Å². The number of hydrogen-bond acceptors (Lipinski definition) is 5. The minimum Gasteiger partial charge on any atom is -0.369 e. The van der Waals surface area contributed by atoms with Crippen molar-refractivity contribution in [2.75, 3.05) is 23.7 Å². The summed E-state index contributed by atoms with van der Waals surface area (Å²) >= 11 is 1.82. The number of pyridine rings is 1. The van der Waals surface area contributed by atoms with E-state index < -0.39 is 0 Å². The van der Waals surface area contributed by atoms with Gasteiger partial charge in [-0.1, -0.05) is 24.8 Å². The Balaban J connectivity index is 1.59. The average molecular weight is 411 g/mol. The first kappa shape index (κ1) is 18.9. The molecule has 29 heavy (non-hydrogen) atoms. The zero-order valence-electron chi connectivity index (χ0n) is 17.0. The van der Waals surface area contributed by atoms with E-state index in [-0.39, 0.29) is 17.9 Å². The lowest BCUT2D eigenvalue weighted by molar-refractivity contribution is 0.254. The molecule has 2 aromatic rings. The van der Waals surface area contributed by atoms with E-state index >= 15 is 4.39 Å². The minimum absolute atomic E-state index is 0.00183. The third-order valence-electron chi connectivity index (χ3n) is 6.43. The third-order valence-corrected chi connectivity index (χ3v) is 7.56. The van der Waals surface area contributed by atoms with Gasteiger partial charge in [0.1, 0.15) is 11.9 Å². The molecule has 0 radical (unpaired) electrons. The summed E-state index contributed by atoms with van der Waals surface area (Å²) < 4.78 is 15.3. The van der Waals surface area contributed by atoms with Crippen molar-refractivity contribution < 1.29 is 4.39 Å². The second kappa shape index (κ2) is 7.63. The van der Waals surface area contributed by atoms with Gasteiger partial charge in [0.2, 0.25) is 0 Å². The van der Waals surface area contributed by atoms with Gasteiger partial charge in [0.15, 0.2) is 5.17 Å². The summed E-state index contributed by atoms with van der Waals surface area (Å²) in [6.07, 6.45) is 5.17. The largest absolute Gasteiger partial charge is 0.369 e. The van der Waals surface area contributed by atoms with Crippen LogP contribution in [0.5, 0.6) is 0 Å². The number of aliphatic imine (C=N–C) groups is 1. The number of thioether (sulfide) groups is 1. The van der Waals surface area contributed by atoms with Crippen LogP contribution < -0.4 is 4.90 Å². The Morgan fingerprint density at radius 1 is 1.21 bits per heavy atom. The first-order valence-corrected chi connectivity index (χ1v) is 11.6. The molecule has 4 nitrogen and oxygen atoms in total. The van der Waals surface area contributed by atoms with Crippen LogP contribution in [0.3, 0.4) is 0 Å².